The second-order valence-electron chi connectivity index (χ2n) is 6.93. The summed E-state index contributed by atoms with van der Waals surface area (Å²) >= 11 is 0. The average molecular weight is 252 g/mol. The number of carbonyl (C=O) groups excluding carboxylic acids is 1. The summed E-state index contributed by atoms with van der Waals surface area (Å²) in [5.74, 6) is 1.69. The number of esters is 1. The fraction of sp³-hybridized carbons (Fsp3) is 0.938. The monoisotopic (exact) mass is 252 g/mol. The highest BCUT2D eigenvalue weighted by atomic mass is 16.5. The maximum Gasteiger partial charge on any atom is 0.305 e. The Bertz CT molecular complexity index is 261. The van der Waals surface area contributed by atoms with E-state index in [1.165, 1.54) is 38.5 Å². The van der Waals surface area contributed by atoms with E-state index < -0.39 is 0 Å². The molecule has 0 aliphatic heterocycles. The lowest BCUT2D eigenvalue weighted by atomic mass is 9.61. The Morgan fingerprint density at radius 1 is 1.22 bits per heavy atom. The molecule has 0 unspecified atom stereocenters. The normalized spacial score (nSPS) is 30.7. The molecule has 0 saturated heterocycles. The van der Waals surface area contributed by atoms with Gasteiger partial charge < -0.3 is 4.74 Å². The maximum atomic E-state index is 11.7. The largest absolute Gasteiger partial charge is 0.465 e. The Morgan fingerprint density at radius 2 is 1.83 bits per heavy atom. The van der Waals surface area contributed by atoms with E-state index in [9.17, 15) is 4.79 Å². The molecular weight excluding hydrogens is 224 g/mol. The first-order valence-corrected chi connectivity index (χ1v) is 7.75. The van der Waals surface area contributed by atoms with Crippen LogP contribution in [0.2, 0.25) is 0 Å². The van der Waals surface area contributed by atoms with Crippen LogP contribution in [0.1, 0.15) is 71.6 Å². The fourth-order valence-electron chi connectivity index (χ4n) is 3.52. The summed E-state index contributed by atoms with van der Waals surface area (Å²) in [5.41, 5.74) is 0.364. The first-order chi connectivity index (χ1) is 8.60. The first-order valence-electron chi connectivity index (χ1n) is 7.75. The minimum atomic E-state index is 0.0257. The predicted molar refractivity (Wildman–Crippen MR) is 73.3 cm³/mol. The molecule has 0 aromatic heterocycles. The van der Waals surface area contributed by atoms with Crippen molar-refractivity contribution in [2.45, 2.75) is 71.6 Å². The van der Waals surface area contributed by atoms with E-state index in [-0.39, 0.29) is 5.97 Å². The Morgan fingerprint density at radius 3 is 2.39 bits per heavy atom. The average Bonchev–Trinajstić information content (AvgIpc) is 2.38. The second kappa shape index (κ2) is 6.08. The molecule has 0 radical (unpaired) electrons. The van der Waals surface area contributed by atoms with Gasteiger partial charge >= 0.3 is 5.97 Å². The molecule has 0 amide bonds. The number of hydrogen-bond donors (Lipinski definition) is 0. The quantitative estimate of drug-likeness (QED) is 0.658. The molecule has 0 atom stereocenters. The third kappa shape index (κ3) is 3.73. The third-order valence-corrected chi connectivity index (χ3v) is 4.95. The van der Waals surface area contributed by atoms with Crippen molar-refractivity contribution in [3.05, 3.63) is 0 Å². The molecule has 2 nitrogen and oxygen atoms in total. The van der Waals surface area contributed by atoms with Crippen molar-refractivity contribution in [1.29, 1.82) is 0 Å². The van der Waals surface area contributed by atoms with E-state index in [4.69, 9.17) is 4.74 Å². The molecule has 0 spiro atoms. The van der Waals surface area contributed by atoms with Gasteiger partial charge in [0.25, 0.3) is 0 Å². The lowest BCUT2D eigenvalue weighted by molar-refractivity contribution is -0.150. The van der Waals surface area contributed by atoms with Crippen LogP contribution in [0.25, 0.3) is 0 Å². The van der Waals surface area contributed by atoms with Crippen molar-refractivity contribution in [2.75, 3.05) is 6.61 Å². The Labute approximate surface area is 111 Å². The smallest absolute Gasteiger partial charge is 0.305 e. The van der Waals surface area contributed by atoms with Gasteiger partial charge in [0.15, 0.2) is 0 Å². The lowest BCUT2D eigenvalue weighted by Gasteiger charge is -2.46. The fourth-order valence-corrected chi connectivity index (χ4v) is 3.52. The van der Waals surface area contributed by atoms with Crippen molar-refractivity contribution in [3.63, 3.8) is 0 Å². The molecule has 3 aliphatic rings. The van der Waals surface area contributed by atoms with E-state index in [0.717, 1.165) is 18.8 Å². The zero-order valence-electron chi connectivity index (χ0n) is 12.0. The molecular formula is C16H28O2. The number of hydrogen-bond acceptors (Lipinski definition) is 2. The third-order valence-electron chi connectivity index (χ3n) is 4.95. The van der Waals surface area contributed by atoms with Crippen LogP contribution in [0.5, 0.6) is 0 Å². The summed E-state index contributed by atoms with van der Waals surface area (Å²) in [6, 6.07) is 0. The molecule has 0 heterocycles. The zero-order valence-corrected chi connectivity index (χ0v) is 12.0. The number of rotatable bonds is 6. The summed E-state index contributed by atoms with van der Waals surface area (Å²) in [5, 5.41) is 0. The van der Waals surface area contributed by atoms with Gasteiger partial charge in [0.1, 0.15) is 0 Å². The minimum Gasteiger partial charge on any atom is -0.465 e. The van der Waals surface area contributed by atoms with Crippen LogP contribution in [0.3, 0.4) is 0 Å². The summed E-state index contributed by atoms with van der Waals surface area (Å²) in [4.78, 5) is 11.7. The van der Waals surface area contributed by atoms with Crippen LogP contribution >= 0.6 is 0 Å². The highest BCUT2D eigenvalue weighted by Crippen LogP contribution is 2.50. The van der Waals surface area contributed by atoms with Crippen molar-refractivity contribution < 1.29 is 9.53 Å². The topological polar surface area (TPSA) is 26.3 Å². The second-order valence-corrected chi connectivity index (χ2v) is 6.93. The Balaban J connectivity index is 1.66. The SMILES string of the molecule is CC(C)CCCC(=O)OCC12CCC(CC1)CC2. The van der Waals surface area contributed by atoms with E-state index in [1.54, 1.807) is 0 Å². The molecule has 18 heavy (non-hydrogen) atoms. The molecule has 2 bridgehead atoms. The highest BCUT2D eigenvalue weighted by Gasteiger charge is 2.41. The zero-order chi connectivity index (χ0) is 13.0. The Kier molecular flexibility index (Phi) is 4.69. The van der Waals surface area contributed by atoms with Gasteiger partial charge in [-0.25, -0.2) is 0 Å². The number of fused-ring (bicyclic) bond motifs is 3. The summed E-state index contributed by atoms with van der Waals surface area (Å²) < 4.78 is 5.54. The number of carbonyl (C=O) groups is 1. The van der Waals surface area contributed by atoms with Gasteiger partial charge in [-0.2, -0.15) is 0 Å². The van der Waals surface area contributed by atoms with Gasteiger partial charge in [-0.15, -0.1) is 0 Å². The predicted octanol–water partition coefficient (Wildman–Crippen LogP) is 4.33. The molecule has 0 N–H and O–H groups in total. The van der Waals surface area contributed by atoms with Gasteiger partial charge in [-0.1, -0.05) is 20.3 Å². The van der Waals surface area contributed by atoms with Crippen molar-refractivity contribution in [1.82, 2.24) is 0 Å². The molecule has 104 valence electrons. The molecule has 2 heteroatoms. The van der Waals surface area contributed by atoms with E-state index in [2.05, 4.69) is 13.8 Å². The Hall–Kier alpha value is -0.530. The minimum absolute atomic E-state index is 0.0257. The van der Waals surface area contributed by atoms with Gasteiger partial charge in [0, 0.05) is 11.8 Å². The molecule has 0 aromatic rings. The van der Waals surface area contributed by atoms with Crippen LogP contribution in [0.15, 0.2) is 0 Å². The van der Waals surface area contributed by atoms with Crippen LogP contribution in [0, 0.1) is 17.3 Å². The lowest BCUT2D eigenvalue weighted by Crippen LogP contribution is -2.38. The molecule has 3 rings (SSSR count). The van der Waals surface area contributed by atoms with E-state index in [0.29, 0.717) is 24.4 Å². The maximum absolute atomic E-state index is 11.7. The van der Waals surface area contributed by atoms with E-state index in [1.807, 2.05) is 0 Å². The molecule has 3 aliphatic carbocycles. The number of ether oxygens (including phenoxy) is 1. The molecule has 3 fully saturated rings. The van der Waals surface area contributed by atoms with Crippen LogP contribution < -0.4 is 0 Å². The van der Waals surface area contributed by atoms with Gasteiger partial charge in [-0.05, 0) is 56.8 Å². The van der Waals surface area contributed by atoms with Crippen molar-refractivity contribution >= 4 is 5.97 Å². The highest BCUT2D eigenvalue weighted by molar-refractivity contribution is 5.69. The van der Waals surface area contributed by atoms with Crippen molar-refractivity contribution in [3.8, 4) is 0 Å². The van der Waals surface area contributed by atoms with Gasteiger partial charge in [0.2, 0.25) is 0 Å². The van der Waals surface area contributed by atoms with Gasteiger partial charge in [-0.3, -0.25) is 4.79 Å². The van der Waals surface area contributed by atoms with Gasteiger partial charge in [0.05, 0.1) is 6.61 Å². The standard InChI is InChI=1S/C16H28O2/c1-13(2)4-3-5-15(17)18-12-16-9-6-14(7-10-16)8-11-16/h13-14H,3-12H2,1-2H3. The van der Waals surface area contributed by atoms with Crippen LogP contribution in [0.4, 0.5) is 0 Å². The summed E-state index contributed by atoms with van der Waals surface area (Å²) in [6.07, 6.45) is 10.7. The summed E-state index contributed by atoms with van der Waals surface area (Å²) in [6.45, 7) is 5.09. The van der Waals surface area contributed by atoms with Crippen LogP contribution in [-0.4, -0.2) is 12.6 Å². The summed E-state index contributed by atoms with van der Waals surface area (Å²) in [7, 11) is 0. The van der Waals surface area contributed by atoms with Crippen LogP contribution in [-0.2, 0) is 9.53 Å². The molecule has 3 saturated carbocycles. The molecule has 0 aromatic carbocycles. The van der Waals surface area contributed by atoms with E-state index >= 15 is 0 Å². The van der Waals surface area contributed by atoms with Crippen molar-refractivity contribution in [2.24, 2.45) is 17.3 Å². The first kappa shape index (κ1) is 13.9.